The summed E-state index contributed by atoms with van der Waals surface area (Å²) in [5.74, 6) is -1.96. The summed E-state index contributed by atoms with van der Waals surface area (Å²) in [7, 11) is 0. The Kier molecular flexibility index (Phi) is 6.64. The maximum atomic E-state index is 13.2. The van der Waals surface area contributed by atoms with Gasteiger partial charge in [-0.3, -0.25) is 14.5 Å². The van der Waals surface area contributed by atoms with Crippen molar-refractivity contribution in [3.8, 4) is 22.4 Å². The van der Waals surface area contributed by atoms with E-state index in [9.17, 15) is 28.0 Å². The molecule has 0 fully saturated rings. The van der Waals surface area contributed by atoms with Gasteiger partial charge < -0.3 is 10.1 Å². The first-order chi connectivity index (χ1) is 17.0. The lowest BCUT2D eigenvalue weighted by atomic mass is 10.0. The van der Waals surface area contributed by atoms with E-state index in [2.05, 4.69) is 20.3 Å². The molecule has 0 saturated heterocycles. The number of hydrogen-bond acceptors (Lipinski definition) is 8. The third-order valence-corrected chi connectivity index (χ3v) is 6.34. The lowest BCUT2D eigenvalue weighted by Gasteiger charge is -2.32. The Labute approximate surface area is 207 Å². The van der Waals surface area contributed by atoms with Gasteiger partial charge in [0.25, 0.3) is 11.8 Å². The number of aryl methyl sites for hydroxylation is 1. The fraction of sp³-hybridized carbons (Fsp3) is 0.304. The van der Waals surface area contributed by atoms with Gasteiger partial charge in [0.1, 0.15) is 11.0 Å². The average molecular weight is 517 g/mol. The van der Waals surface area contributed by atoms with E-state index in [1.54, 1.807) is 26.1 Å². The van der Waals surface area contributed by atoms with Crippen molar-refractivity contribution in [1.29, 1.82) is 5.26 Å². The molecule has 0 bridgehead atoms. The second-order valence-corrected chi connectivity index (χ2v) is 9.27. The number of aromatic nitrogens is 3. The van der Waals surface area contributed by atoms with Gasteiger partial charge in [-0.15, -0.1) is 11.3 Å². The molecule has 2 amide bonds. The summed E-state index contributed by atoms with van der Waals surface area (Å²) in [6, 6.07) is 3.48. The molecule has 13 heteroatoms. The van der Waals surface area contributed by atoms with Gasteiger partial charge in [0.05, 0.1) is 23.4 Å². The largest absolute Gasteiger partial charge is 0.481 e. The molecule has 3 heterocycles. The Morgan fingerprint density at radius 3 is 2.50 bits per heavy atom. The standard InChI is InChI=1S/C23H19F3N6O3S/c1-11(6-27)32-17-5-14(4-16(19(17)35-10-18(32)33)21-28-7-12(2)36-21)20(34)31-13(3)15-8-29-22(30-9-15)23(24,25)26/h4-5,7-9,11,13H,10H2,1-3H3,(H,31,34). The van der Waals surface area contributed by atoms with Crippen molar-refractivity contribution in [2.45, 2.75) is 39.0 Å². The number of anilines is 1. The van der Waals surface area contributed by atoms with Crippen LogP contribution in [0, 0.1) is 18.3 Å². The topological polar surface area (TPSA) is 121 Å². The van der Waals surface area contributed by atoms with E-state index in [4.69, 9.17) is 4.74 Å². The van der Waals surface area contributed by atoms with Crippen LogP contribution >= 0.6 is 11.3 Å². The van der Waals surface area contributed by atoms with Crippen LogP contribution in [0.3, 0.4) is 0 Å². The van der Waals surface area contributed by atoms with Gasteiger partial charge in [-0.05, 0) is 32.9 Å². The molecule has 0 spiro atoms. The number of nitrogens with zero attached hydrogens (tertiary/aromatic N) is 5. The van der Waals surface area contributed by atoms with Crippen LogP contribution in [0.2, 0.25) is 0 Å². The van der Waals surface area contributed by atoms with E-state index in [0.717, 1.165) is 17.3 Å². The van der Waals surface area contributed by atoms with E-state index < -0.39 is 35.9 Å². The van der Waals surface area contributed by atoms with Gasteiger partial charge in [0.2, 0.25) is 5.82 Å². The first kappa shape index (κ1) is 25.1. The van der Waals surface area contributed by atoms with E-state index >= 15 is 0 Å². The number of rotatable bonds is 5. The zero-order valence-corrected chi connectivity index (χ0v) is 20.1. The van der Waals surface area contributed by atoms with Crippen molar-refractivity contribution in [3.63, 3.8) is 0 Å². The highest BCUT2D eigenvalue weighted by Gasteiger charge is 2.35. The minimum Gasteiger partial charge on any atom is -0.481 e. The maximum Gasteiger partial charge on any atom is 0.451 e. The smallest absolute Gasteiger partial charge is 0.451 e. The molecule has 1 aliphatic rings. The number of halogens is 3. The molecule has 36 heavy (non-hydrogen) atoms. The zero-order chi connectivity index (χ0) is 26.2. The van der Waals surface area contributed by atoms with Crippen LogP contribution in [0.4, 0.5) is 18.9 Å². The monoisotopic (exact) mass is 516 g/mol. The molecule has 0 radical (unpaired) electrons. The summed E-state index contributed by atoms with van der Waals surface area (Å²) >= 11 is 1.36. The van der Waals surface area contributed by atoms with Crippen LogP contribution in [-0.2, 0) is 11.0 Å². The summed E-state index contributed by atoms with van der Waals surface area (Å²) < 4.78 is 44.0. The van der Waals surface area contributed by atoms with Crippen LogP contribution in [0.5, 0.6) is 5.75 Å². The first-order valence-electron chi connectivity index (χ1n) is 10.6. The Morgan fingerprint density at radius 2 is 1.92 bits per heavy atom. The van der Waals surface area contributed by atoms with Gasteiger partial charge >= 0.3 is 6.18 Å². The highest BCUT2D eigenvalue weighted by Crippen LogP contribution is 2.44. The number of carbonyl (C=O) groups excluding carboxylic acids is 2. The van der Waals surface area contributed by atoms with Crippen molar-refractivity contribution in [3.05, 3.63) is 52.6 Å². The fourth-order valence-electron chi connectivity index (χ4n) is 3.60. The van der Waals surface area contributed by atoms with Crippen molar-refractivity contribution in [1.82, 2.24) is 20.3 Å². The summed E-state index contributed by atoms with van der Waals surface area (Å²) in [5, 5.41) is 12.7. The van der Waals surface area contributed by atoms with Crippen molar-refractivity contribution in [2.24, 2.45) is 0 Å². The SMILES string of the molecule is Cc1cnc(-c2cc(C(=O)NC(C)c3cnc(C(F)(F)F)nc3)cc3c2OCC(=O)N3C(C)C#N)s1. The molecule has 0 saturated carbocycles. The predicted octanol–water partition coefficient (Wildman–Crippen LogP) is 4.06. The van der Waals surface area contributed by atoms with Gasteiger partial charge in [0, 0.05) is 34.6 Å². The number of nitrogens with one attached hydrogen (secondary N) is 1. The molecule has 3 aromatic rings. The van der Waals surface area contributed by atoms with Gasteiger partial charge in [0.15, 0.2) is 12.4 Å². The van der Waals surface area contributed by atoms with Gasteiger partial charge in [-0.2, -0.15) is 18.4 Å². The molecular weight excluding hydrogens is 497 g/mol. The number of ether oxygens (including phenoxy) is 1. The van der Waals surface area contributed by atoms with Crippen molar-refractivity contribution >= 4 is 28.8 Å². The molecule has 0 aliphatic carbocycles. The number of fused-ring (bicyclic) bond motifs is 1. The minimum atomic E-state index is -4.68. The zero-order valence-electron chi connectivity index (χ0n) is 19.3. The number of benzene rings is 1. The predicted molar refractivity (Wildman–Crippen MR) is 123 cm³/mol. The van der Waals surface area contributed by atoms with Crippen LogP contribution < -0.4 is 15.0 Å². The van der Waals surface area contributed by atoms with Crippen LogP contribution in [0.15, 0.2) is 30.7 Å². The normalized spacial score (nSPS) is 14.9. The molecule has 1 N–H and O–H groups in total. The number of hydrogen-bond donors (Lipinski definition) is 1. The second kappa shape index (κ2) is 9.54. The minimum absolute atomic E-state index is 0.143. The number of alkyl halides is 3. The lowest BCUT2D eigenvalue weighted by molar-refractivity contribution is -0.145. The number of amides is 2. The highest BCUT2D eigenvalue weighted by atomic mass is 32.1. The summed E-state index contributed by atoms with van der Waals surface area (Å²) in [5.41, 5.74) is 1.14. The molecule has 1 aromatic carbocycles. The van der Waals surface area contributed by atoms with Crippen LogP contribution in [-0.4, -0.2) is 39.4 Å². The molecule has 4 rings (SSSR count). The Balaban J connectivity index is 1.72. The quantitative estimate of drug-likeness (QED) is 0.543. The second-order valence-electron chi connectivity index (χ2n) is 8.04. The molecule has 2 unspecified atom stereocenters. The van der Waals surface area contributed by atoms with Crippen LogP contribution in [0.1, 0.15) is 46.5 Å². The van der Waals surface area contributed by atoms with Crippen molar-refractivity contribution < 1.29 is 27.5 Å². The Hall–Kier alpha value is -4.05. The van der Waals surface area contributed by atoms with E-state index in [0.29, 0.717) is 16.3 Å². The molecular formula is C23H19F3N6O3S. The summed E-state index contributed by atoms with van der Waals surface area (Å²) in [4.78, 5) is 39.0. The van der Waals surface area contributed by atoms with E-state index in [1.807, 2.05) is 13.0 Å². The number of thiazole rings is 1. The molecule has 186 valence electrons. The number of nitriles is 1. The Bertz CT molecular complexity index is 1370. The summed E-state index contributed by atoms with van der Waals surface area (Å²) in [6.07, 6.45) is -1.01. The highest BCUT2D eigenvalue weighted by molar-refractivity contribution is 7.15. The third-order valence-electron chi connectivity index (χ3n) is 5.40. The summed E-state index contributed by atoms with van der Waals surface area (Å²) in [6.45, 7) is 4.73. The fourth-order valence-corrected chi connectivity index (χ4v) is 4.38. The van der Waals surface area contributed by atoms with Gasteiger partial charge in [-0.25, -0.2) is 15.0 Å². The third kappa shape index (κ3) is 4.85. The van der Waals surface area contributed by atoms with E-state index in [-0.39, 0.29) is 23.4 Å². The lowest BCUT2D eigenvalue weighted by Crippen LogP contribution is -2.44. The van der Waals surface area contributed by atoms with E-state index in [1.165, 1.54) is 22.3 Å². The molecule has 1 aliphatic heterocycles. The Morgan fingerprint density at radius 1 is 1.22 bits per heavy atom. The average Bonchev–Trinajstić information content (AvgIpc) is 3.28. The number of carbonyl (C=O) groups is 2. The molecule has 2 atom stereocenters. The first-order valence-corrected chi connectivity index (χ1v) is 11.5. The van der Waals surface area contributed by atoms with Gasteiger partial charge in [-0.1, -0.05) is 0 Å². The van der Waals surface area contributed by atoms with Crippen LogP contribution in [0.25, 0.3) is 10.6 Å². The maximum absolute atomic E-state index is 13.2. The van der Waals surface area contributed by atoms with Crippen molar-refractivity contribution in [2.75, 3.05) is 11.5 Å². The molecule has 9 nitrogen and oxygen atoms in total. The molecule has 2 aromatic heterocycles.